The van der Waals surface area contributed by atoms with Crippen molar-refractivity contribution in [3.05, 3.63) is 66.1 Å². The number of benzene rings is 2. The zero-order valence-corrected chi connectivity index (χ0v) is 18.5. The quantitative estimate of drug-likeness (QED) is 0.438. The van der Waals surface area contributed by atoms with Gasteiger partial charge in [0.05, 0.1) is 5.52 Å². The van der Waals surface area contributed by atoms with Gasteiger partial charge in [0.2, 0.25) is 0 Å². The first-order valence-corrected chi connectivity index (χ1v) is 11.4. The maximum absolute atomic E-state index is 11.4. The minimum absolute atomic E-state index is 0.198. The molecule has 1 saturated heterocycles. The van der Waals surface area contributed by atoms with E-state index in [2.05, 4.69) is 28.1 Å². The summed E-state index contributed by atoms with van der Waals surface area (Å²) in [6, 6.07) is 15.9. The summed E-state index contributed by atoms with van der Waals surface area (Å²) in [7, 11) is 0. The molecule has 2 aromatic carbocycles. The van der Waals surface area contributed by atoms with Crippen molar-refractivity contribution >= 4 is 33.5 Å². The lowest BCUT2D eigenvalue weighted by atomic mass is 10.1. The van der Waals surface area contributed by atoms with Crippen LogP contribution in [0.25, 0.3) is 21.9 Å². The lowest BCUT2D eigenvalue weighted by molar-refractivity contribution is 0.0976. The zero-order valence-electron chi connectivity index (χ0n) is 18.5. The number of nitriles is 1. The highest BCUT2D eigenvalue weighted by atomic mass is 16.3. The van der Waals surface area contributed by atoms with Crippen molar-refractivity contribution in [2.75, 3.05) is 37.6 Å². The summed E-state index contributed by atoms with van der Waals surface area (Å²) in [5, 5.41) is 11.4. The molecule has 2 aromatic heterocycles. The monoisotopic (exact) mass is 441 g/mol. The lowest BCUT2D eigenvalue weighted by Gasteiger charge is -2.36. The van der Waals surface area contributed by atoms with Crippen LogP contribution in [0.5, 0.6) is 0 Å². The Bertz CT molecular complexity index is 1340. The van der Waals surface area contributed by atoms with E-state index in [1.165, 1.54) is 10.9 Å². The van der Waals surface area contributed by atoms with Gasteiger partial charge in [-0.1, -0.05) is 18.2 Å². The summed E-state index contributed by atoms with van der Waals surface area (Å²) in [5.74, 6) is -0.346. The molecule has 1 aliphatic heterocycles. The highest BCUT2D eigenvalue weighted by molar-refractivity contribution is 5.95. The molecule has 1 amide bonds. The number of unbranched alkanes of at least 4 members (excludes halogenated alkanes) is 1. The van der Waals surface area contributed by atoms with E-state index in [0.717, 1.165) is 68.6 Å². The Hall–Kier alpha value is -3.76. The third-order valence-corrected chi connectivity index (χ3v) is 6.55. The number of hydrogen-bond acceptors (Lipinski definition) is 5. The number of primary amides is 1. The van der Waals surface area contributed by atoms with E-state index in [4.69, 9.17) is 10.2 Å². The number of carbonyl (C=O) groups excluding carboxylic acids is 1. The van der Waals surface area contributed by atoms with Gasteiger partial charge in [-0.25, -0.2) is 0 Å². The lowest BCUT2D eigenvalue weighted by Crippen LogP contribution is -2.46. The first kappa shape index (κ1) is 21.1. The molecule has 7 heteroatoms. The van der Waals surface area contributed by atoms with Crippen molar-refractivity contribution < 1.29 is 9.21 Å². The van der Waals surface area contributed by atoms with Crippen LogP contribution in [0.4, 0.5) is 5.69 Å². The van der Waals surface area contributed by atoms with Gasteiger partial charge in [-0.3, -0.25) is 14.3 Å². The highest BCUT2D eigenvalue weighted by Crippen LogP contribution is 2.26. The summed E-state index contributed by atoms with van der Waals surface area (Å²) in [6.07, 6.45) is 7.47. The van der Waals surface area contributed by atoms with Crippen LogP contribution in [-0.4, -0.2) is 48.1 Å². The van der Waals surface area contributed by atoms with Crippen molar-refractivity contribution in [3.63, 3.8) is 0 Å². The predicted octanol–water partition coefficient (Wildman–Crippen LogP) is 3.96. The molecule has 2 N–H and O–H groups in total. The van der Waals surface area contributed by atoms with E-state index in [9.17, 15) is 10.1 Å². The van der Waals surface area contributed by atoms with Crippen molar-refractivity contribution in [1.29, 1.82) is 5.26 Å². The number of fused-ring (bicyclic) bond motifs is 2. The molecule has 5 rings (SSSR count). The minimum atomic E-state index is -0.544. The number of furan rings is 1. The van der Waals surface area contributed by atoms with E-state index in [1.54, 1.807) is 10.6 Å². The van der Waals surface area contributed by atoms with Crippen molar-refractivity contribution in [2.24, 2.45) is 5.73 Å². The number of rotatable bonds is 7. The van der Waals surface area contributed by atoms with Crippen molar-refractivity contribution in [1.82, 2.24) is 9.47 Å². The summed E-state index contributed by atoms with van der Waals surface area (Å²) in [4.78, 5) is 16.3. The van der Waals surface area contributed by atoms with Gasteiger partial charge in [-0.2, -0.15) is 5.26 Å². The van der Waals surface area contributed by atoms with E-state index >= 15 is 0 Å². The van der Waals surface area contributed by atoms with Crippen LogP contribution >= 0.6 is 0 Å². The van der Waals surface area contributed by atoms with Crippen LogP contribution in [0.2, 0.25) is 0 Å². The number of hydrogen-bond donors (Lipinski definition) is 1. The number of nitrogens with zero attached hydrogens (tertiary/aromatic N) is 4. The Morgan fingerprint density at radius 1 is 1.06 bits per heavy atom. The van der Waals surface area contributed by atoms with Crippen LogP contribution < -0.4 is 10.6 Å². The van der Waals surface area contributed by atoms with Crippen LogP contribution in [0.3, 0.4) is 0 Å². The Labute approximate surface area is 192 Å². The molecular formula is C26H27N5O2. The first-order chi connectivity index (χ1) is 16.1. The largest absolute Gasteiger partial charge is 0.451 e. The summed E-state index contributed by atoms with van der Waals surface area (Å²) < 4.78 is 7.15. The fourth-order valence-electron chi connectivity index (χ4n) is 4.76. The van der Waals surface area contributed by atoms with Gasteiger partial charge in [0.1, 0.15) is 5.58 Å². The van der Waals surface area contributed by atoms with Crippen molar-refractivity contribution in [3.8, 4) is 6.19 Å². The molecule has 168 valence electrons. The number of aromatic nitrogens is 1. The molecule has 0 atom stereocenters. The molecule has 0 spiro atoms. The normalized spacial score (nSPS) is 14.7. The third-order valence-electron chi connectivity index (χ3n) is 6.55. The number of anilines is 1. The molecule has 0 saturated carbocycles. The molecule has 33 heavy (non-hydrogen) atoms. The van der Waals surface area contributed by atoms with Gasteiger partial charge in [0.25, 0.3) is 5.91 Å². The van der Waals surface area contributed by atoms with Gasteiger partial charge >= 0.3 is 0 Å². The number of piperazine rings is 1. The zero-order chi connectivity index (χ0) is 22.8. The number of para-hydroxylation sites is 1. The van der Waals surface area contributed by atoms with Crippen LogP contribution in [0, 0.1) is 11.5 Å². The summed E-state index contributed by atoms with van der Waals surface area (Å²) >= 11 is 0. The van der Waals surface area contributed by atoms with E-state index in [1.807, 2.05) is 36.5 Å². The number of nitrogens with two attached hydrogens (primary N) is 1. The average Bonchev–Trinajstić information content (AvgIpc) is 3.43. The molecule has 1 aliphatic rings. The topological polar surface area (TPSA) is 91.4 Å². The van der Waals surface area contributed by atoms with Crippen LogP contribution in [0.15, 0.2) is 59.1 Å². The van der Waals surface area contributed by atoms with Gasteiger partial charge in [-0.05, 0) is 61.7 Å². The Morgan fingerprint density at radius 3 is 2.67 bits per heavy atom. The standard InChI is InChI=1S/C26H27N5O2/c27-18-31-17-19(22-6-1-2-7-23(22)31)5-3-4-10-29-11-13-30(14-12-29)21-8-9-24-20(15-21)16-25(33-24)26(28)32/h1-2,6-9,15-17H,3-5,10-14H2,(H2,28,32). The molecular weight excluding hydrogens is 414 g/mol. The minimum Gasteiger partial charge on any atom is -0.451 e. The molecule has 0 unspecified atom stereocenters. The van der Waals surface area contributed by atoms with E-state index in [0.29, 0.717) is 5.58 Å². The SMILES string of the molecule is N#Cn1cc(CCCCN2CCN(c3ccc4oc(C(N)=O)cc4c3)CC2)c2ccccc21. The molecule has 7 nitrogen and oxygen atoms in total. The summed E-state index contributed by atoms with van der Waals surface area (Å²) in [5.41, 5.74) is 9.40. The van der Waals surface area contributed by atoms with Gasteiger partial charge in [-0.15, -0.1) is 0 Å². The van der Waals surface area contributed by atoms with Gasteiger partial charge < -0.3 is 15.1 Å². The second-order valence-electron chi connectivity index (χ2n) is 8.62. The Morgan fingerprint density at radius 2 is 1.88 bits per heavy atom. The highest BCUT2D eigenvalue weighted by Gasteiger charge is 2.18. The van der Waals surface area contributed by atoms with E-state index < -0.39 is 5.91 Å². The molecule has 0 bridgehead atoms. The number of carbonyl (C=O) groups is 1. The fourth-order valence-corrected chi connectivity index (χ4v) is 4.76. The Kier molecular flexibility index (Phi) is 5.76. The number of amides is 1. The third kappa shape index (κ3) is 4.30. The number of aryl methyl sites for hydroxylation is 1. The maximum atomic E-state index is 11.4. The molecule has 0 radical (unpaired) electrons. The molecule has 4 aromatic rings. The summed E-state index contributed by atoms with van der Waals surface area (Å²) in [6.45, 7) is 5.10. The molecule has 3 heterocycles. The maximum Gasteiger partial charge on any atom is 0.284 e. The second-order valence-corrected chi connectivity index (χ2v) is 8.62. The predicted molar refractivity (Wildman–Crippen MR) is 129 cm³/mol. The fraction of sp³-hybridized carbons (Fsp3) is 0.308. The smallest absolute Gasteiger partial charge is 0.284 e. The first-order valence-electron chi connectivity index (χ1n) is 11.4. The Balaban J connectivity index is 1.12. The van der Waals surface area contributed by atoms with Crippen LogP contribution in [-0.2, 0) is 6.42 Å². The van der Waals surface area contributed by atoms with Crippen molar-refractivity contribution in [2.45, 2.75) is 19.3 Å². The average molecular weight is 442 g/mol. The van der Waals surface area contributed by atoms with Crippen LogP contribution in [0.1, 0.15) is 29.0 Å². The van der Waals surface area contributed by atoms with E-state index in [-0.39, 0.29) is 5.76 Å². The van der Waals surface area contributed by atoms with Gasteiger partial charge in [0.15, 0.2) is 12.0 Å². The molecule has 0 aliphatic carbocycles. The second kappa shape index (κ2) is 9.00. The molecule has 1 fully saturated rings. The van der Waals surface area contributed by atoms with Gasteiger partial charge in [0, 0.05) is 48.8 Å².